The highest BCUT2D eigenvalue weighted by Crippen LogP contribution is 2.52. The minimum absolute atomic E-state index is 0.148. The predicted octanol–water partition coefficient (Wildman–Crippen LogP) is 3.62. The molecule has 2 aliphatic heterocycles. The van der Waals surface area contributed by atoms with Gasteiger partial charge in [0.2, 0.25) is 12.5 Å². The number of Topliss-reactive ketones (excluding diaryl/α,β-unsaturated/α-hetero) is 1. The normalized spacial score (nSPS) is 18.9. The van der Waals surface area contributed by atoms with Gasteiger partial charge < -0.3 is 29.0 Å². The zero-order valence-electron chi connectivity index (χ0n) is 16.5. The quantitative estimate of drug-likeness (QED) is 0.847. The van der Waals surface area contributed by atoms with Crippen LogP contribution in [0.25, 0.3) is 0 Å². The van der Waals surface area contributed by atoms with Crippen LogP contribution in [0.3, 0.4) is 0 Å². The summed E-state index contributed by atoms with van der Waals surface area (Å²) in [5.74, 6) is 2.89. The summed E-state index contributed by atoms with van der Waals surface area (Å²) < 4.78 is 27.7. The zero-order valence-corrected chi connectivity index (χ0v) is 16.5. The lowest BCUT2D eigenvalue weighted by molar-refractivity contribution is -0.115. The Bertz CT molecular complexity index is 1030. The molecule has 0 fully saturated rings. The third-order valence-corrected chi connectivity index (χ3v) is 5.68. The Balaban J connectivity index is 1.74. The third-order valence-electron chi connectivity index (χ3n) is 5.68. The fourth-order valence-electron chi connectivity index (χ4n) is 4.38. The van der Waals surface area contributed by atoms with E-state index in [-0.39, 0.29) is 18.5 Å². The van der Waals surface area contributed by atoms with Gasteiger partial charge in [-0.25, -0.2) is 0 Å². The second kappa shape index (κ2) is 6.62. The molecule has 1 aliphatic carbocycles. The number of fused-ring (bicyclic) bond motifs is 2. The molecular weight excluding hydrogens is 374 g/mol. The Morgan fingerprint density at radius 3 is 2.28 bits per heavy atom. The number of allylic oxidation sites excluding steroid dienone is 2. The number of anilines is 1. The standard InChI is InChI=1S/C22H21NO6/c1-25-18-6-11(7-19(26-2)22(18)27-3)20-12-8-16-17(29-10-28-16)9-14(12)23-13-4-5-15(24)21(13)20/h6-9,20,23H,4-5,10H2,1-3H3. The molecule has 29 heavy (non-hydrogen) atoms. The molecular formula is C22H21NO6. The van der Waals surface area contributed by atoms with Crippen LogP contribution in [0.15, 0.2) is 35.5 Å². The molecule has 0 aromatic heterocycles. The molecule has 0 radical (unpaired) electrons. The summed E-state index contributed by atoms with van der Waals surface area (Å²) in [5.41, 5.74) is 4.51. The topological polar surface area (TPSA) is 75.3 Å². The Morgan fingerprint density at radius 1 is 0.931 bits per heavy atom. The lowest BCUT2D eigenvalue weighted by Gasteiger charge is -2.29. The van der Waals surface area contributed by atoms with Crippen LogP contribution in [-0.4, -0.2) is 33.9 Å². The predicted molar refractivity (Wildman–Crippen MR) is 105 cm³/mol. The lowest BCUT2D eigenvalue weighted by atomic mass is 9.80. The van der Waals surface area contributed by atoms with Gasteiger partial charge in [-0.2, -0.15) is 0 Å². The van der Waals surface area contributed by atoms with Crippen LogP contribution >= 0.6 is 0 Å². The third kappa shape index (κ3) is 2.61. The van der Waals surface area contributed by atoms with Gasteiger partial charge in [0.25, 0.3) is 0 Å². The molecule has 150 valence electrons. The summed E-state index contributed by atoms with van der Waals surface area (Å²) >= 11 is 0. The maximum Gasteiger partial charge on any atom is 0.231 e. The van der Waals surface area contributed by atoms with Crippen molar-refractivity contribution in [2.24, 2.45) is 0 Å². The van der Waals surface area contributed by atoms with Gasteiger partial charge in [0.1, 0.15) is 0 Å². The van der Waals surface area contributed by atoms with Crippen molar-refractivity contribution in [3.8, 4) is 28.7 Å². The number of carbonyl (C=O) groups excluding carboxylic acids is 1. The molecule has 1 atom stereocenters. The molecule has 0 saturated carbocycles. The first-order valence-corrected chi connectivity index (χ1v) is 9.41. The number of methoxy groups -OCH3 is 3. The van der Waals surface area contributed by atoms with E-state index in [4.69, 9.17) is 23.7 Å². The van der Waals surface area contributed by atoms with E-state index in [2.05, 4.69) is 5.32 Å². The molecule has 2 aromatic carbocycles. The van der Waals surface area contributed by atoms with Crippen LogP contribution in [0.5, 0.6) is 28.7 Å². The first kappa shape index (κ1) is 17.7. The summed E-state index contributed by atoms with van der Waals surface area (Å²) in [6, 6.07) is 7.70. The van der Waals surface area contributed by atoms with Crippen molar-refractivity contribution < 1.29 is 28.5 Å². The number of hydrogen-bond acceptors (Lipinski definition) is 7. The monoisotopic (exact) mass is 395 g/mol. The maximum absolute atomic E-state index is 12.8. The Morgan fingerprint density at radius 2 is 1.62 bits per heavy atom. The van der Waals surface area contributed by atoms with Crippen LogP contribution in [0.2, 0.25) is 0 Å². The highest BCUT2D eigenvalue weighted by Gasteiger charge is 2.38. The van der Waals surface area contributed by atoms with Crippen molar-refractivity contribution in [3.05, 3.63) is 46.7 Å². The molecule has 3 aliphatic rings. The van der Waals surface area contributed by atoms with E-state index in [1.54, 1.807) is 21.3 Å². The molecule has 5 rings (SSSR count). The zero-order chi connectivity index (χ0) is 20.1. The van der Waals surface area contributed by atoms with Crippen molar-refractivity contribution in [3.63, 3.8) is 0 Å². The van der Waals surface area contributed by atoms with E-state index in [0.717, 1.165) is 28.1 Å². The van der Waals surface area contributed by atoms with E-state index in [1.165, 1.54) is 0 Å². The average Bonchev–Trinajstić information content (AvgIpc) is 3.35. The summed E-state index contributed by atoms with van der Waals surface area (Å²) in [5, 5.41) is 3.43. The fourth-order valence-corrected chi connectivity index (χ4v) is 4.38. The number of hydrogen-bond donors (Lipinski definition) is 1. The molecule has 7 heteroatoms. The minimum Gasteiger partial charge on any atom is -0.493 e. The van der Waals surface area contributed by atoms with Gasteiger partial charge in [-0.15, -0.1) is 0 Å². The van der Waals surface area contributed by atoms with Gasteiger partial charge >= 0.3 is 0 Å². The van der Waals surface area contributed by atoms with Crippen LogP contribution < -0.4 is 29.0 Å². The fraction of sp³-hybridized carbons (Fsp3) is 0.318. The average molecular weight is 395 g/mol. The smallest absolute Gasteiger partial charge is 0.231 e. The highest BCUT2D eigenvalue weighted by atomic mass is 16.7. The van der Waals surface area contributed by atoms with Crippen molar-refractivity contribution in [2.75, 3.05) is 33.4 Å². The van der Waals surface area contributed by atoms with E-state index in [1.807, 2.05) is 24.3 Å². The van der Waals surface area contributed by atoms with Crippen molar-refractivity contribution >= 4 is 11.5 Å². The van der Waals surface area contributed by atoms with E-state index < -0.39 is 0 Å². The molecule has 7 nitrogen and oxygen atoms in total. The van der Waals surface area contributed by atoms with Crippen molar-refractivity contribution in [2.45, 2.75) is 18.8 Å². The van der Waals surface area contributed by atoms with Gasteiger partial charge in [-0.05, 0) is 35.7 Å². The SMILES string of the molecule is COc1cc(C2C3=C(CCC3=O)Nc3cc4c(cc32)OCO4)cc(OC)c1OC. The summed E-state index contributed by atoms with van der Waals surface area (Å²) in [7, 11) is 4.74. The summed E-state index contributed by atoms with van der Waals surface area (Å²) in [6.45, 7) is 0.194. The van der Waals surface area contributed by atoms with E-state index in [9.17, 15) is 4.79 Å². The summed E-state index contributed by atoms with van der Waals surface area (Å²) in [4.78, 5) is 12.8. The van der Waals surface area contributed by atoms with Gasteiger partial charge in [-0.1, -0.05) is 0 Å². The summed E-state index contributed by atoms with van der Waals surface area (Å²) in [6.07, 6.45) is 1.20. The number of nitrogens with one attached hydrogen (secondary N) is 1. The minimum atomic E-state index is -0.264. The second-order valence-corrected chi connectivity index (χ2v) is 7.12. The van der Waals surface area contributed by atoms with Crippen molar-refractivity contribution in [1.82, 2.24) is 0 Å². The molecule has 0 bridgehead atoms. The van der Waals surface area contributed by atoms with Crippen LogP contribution in [0, 0.1) is 0 Å². The molecule has 1 unspecified atom stereocenters. The first-order valence-electron chi connectivity index (χ1n) is 9.41. The van der Waals surface area contributed by atoms with Gasteiger partial charge in [0.05, 0.1) is 21.3 Å². The van der Waals surface area contributed by atoms with Crippen LogP contribution in [0.1, 0.15) is 29.9 Å². The Hall–Kier alpha value is -3.35. The number of ketones is 1. The van der Waals surface area contributed by atoms with Gasteiger partial charge in [0, 0.05) is 35.4 Å². The lowest BCUT2D eigenvalue weighted by Crippen LogP contribution is -2.19. The highest BCUT2D eigenvalue weighted by molar-refractivity contribution is 6.03. The number of benzene rings is 2. The Kier molecular flexibility index (Phi) is 4.04. The second-order valence-electron chi connectivity index (χ2n) is 7.12. The maximum atomic E-state index is 12.8. The number of ether oxygens (including phenoxy) is 5. The molecule has 1 N–H and O–H groups in total. The molecule has 2 aromatic rings. The molecule has 0 amide bonds. The molecule has 0 saturated heterocycles. The largest absolute Gasteiger partial charge is 0.493 e. The first-order chi connectivity index (χ1) is 14.1. The van der Waals surface area contributed by atoms with E-state index in [0.29, 0.717) is 41.6 Å². The molecule has 2 heterocycles. The number of carbonyl (C=O) groups is 1. The molecule has 0 spiro atoms. The van der Waals surface area contributed by atoms with E-state index >= 15 is 0 Å². The van der Waals surface area contributed by atoms with Crippen molar-refractivity contribution in [1.29, 1.82) is 0 Å². The van der Waals surface area contributed by atoms with Crippen LogP contribution in [-0.2, 0) is 4.79 Å². The van der Waals surface area contributed by atoms with Gasteiger partial charge in [0.15, 0.2) is 28.8 Å². The Labute approximate surface area is 168 Å². The van der Waals surface area contributed by atoms with Gasteiger partial charge in [-0.3, -0.25) is 4.79 Å². The van der Waals surface area contributed by atoms with Crippen LogP contribution in [0.4, 0.5) is 5.69 Å². The number of rotatable bonds is 4.